The summed E-state index contributed by atoms with van der Waals surface area (Å²) in [5.74, 6) is 0.140. The van der Waals surface area contributed by atoms with Crippen LogP contribution in [0.3, 0.4) is 0 Å². The van der Waals surface area contributed by atoms with Gasteiger partial charge in [0, 0.05) is 25.6 Å². The number of nitrogens with zero attached hydrogens (tertiary/aromatic N) is 1. The lowest BCUT2D eigenvalue weighted by atomic mass is 10.1. The molecule has 12 heavy (non-hydrogen) atoms. The number of hydrogen-bond donors (Lipinski definition) is 0. The van der Waals surface area contributed by atoms with Gasteiger partial charge in [0.05, 0.1) is 13.2 Å². The van der Waals surface area contributed by atoms with Crippen molar-refractivity contribution in [2.45, 2.75) is 13.3 Å². The van der Waals surface area contributed by atoms with Crippen LogP contribution >= 0.6 is 0 Å². The molecule has 0 aromatic heterocycles. The molecule has 68 valence electrons. The predicted molar refractivity (Wildman–Crippen MR) is 46.8 cm³/mol. The fourth-order valence-corrected chi connectivity index (χ4v) is 1.11. The third kappa shape index (κ3) is 2.08. The number of carbonyl (C=O) groups is 1. The molecule has 0 saturated heterocycles. The quantitative estimate of drug-likeness (QED) is 0.612. The molecule has 0 aliphatic carbocycles. The summed E-state index contributed by atoms with van der Waals surface area (Å²) in [6, 6.07) is 0. The zero-order valence-corrected chi connectivity index (χ0v) is 7.67. The number of ether oxygens (including phenoxy) is 1. The molecule has 0 spiro atoms. The van der Waals surface area contributed by atoms with Gasteiger partial charge in [-0.3, -0.25) is 4.79 Å². The molecular formula is C9H15NO2. The molecule has 0 aromatic rings. The van der Waals surface area contributed by atoms with Crippen molar-refractivity contribution in [1.82, 2.24) is 4.90 Å². The summed E-state index contributed by atoms with van der Waals surface area (Å²) in [7, 11) is 1.82. The largest absolute Gasteiger partial charge is 0.377 e. The molecule has 1 heterocycles. The minimum absolute atomic E-state index is 0.140. The van der Waals surface area contributed by atoms with Gasteiger partial charge in [-0.1, -0.05) is 6.08 Å². The van der Waals surface area contributed by atoms with Gasteiger partial charge in [0.25, 0.3) is 0 Å². The van der Waals surface area contributed by atoms with E-state index in [9.17, 15) is 4.79 Å². The second-order valence-electron chi connectivity index (χ2n) is 2.87. The summed E-state index contributed by atoms with van der Waals surface area (Å²) in [6.45, 7) is 3.99. The van der Waals surface area contributed by atoms with Crippen LogP contribution in [0.25, 0.3) is 0 Å². The van der Waals surface area contributed by atoms with Crippen LogP contribution in [0.2, 0.25) is 0 Å². The van der Waals surface area contributed by atoms with Gasteiger partial charge in [0.2, 0.25) is 5.91 Å². The zero-order valence-electron chi connectivity index (χ0n) is 7.67. The van der Waals surface area contributed by atoms with Gasteiger partial charge in [-0.25, -0.2) is 0 Å². The van der Waals surface area contributed by atoms with Gasteiger partial charge < -0.3 is 9.64 Å². The molecule has 0 radical (unpaired) electrons. The summed E-state index contributed by atoms with van der Waals surface area (Å²) in [6.07, 6.45) is 2.63. The van der Waals surface area contributed by atoms with E-state index in [-0.39, 0.29) is 5.91 Å². The Morgan fingerprint density at radius 3 is 3.00 bits per heavy atom. The molecule has 0 bridgehead atoms. The van der Waals surface area contributed by atoms with Gasteiger partial charge in [0.15, 0.2) is 0 Å². The van der Waals surface area contributed by atoms with Crippen LogP contribution in [0.4, 0.5) is 0 Å². The number of amides is 1. The van der Waals surface area contributed by atoms with Crippen molar-refractivity contribution in [2.75, 3.05) is 26.8 Å². The normalized spacial score (nSPS) is 17.0. The number of likely N-dealkylation sites (N-methyl/N-ethyl adjacent to an activating group) is 1. The number of carbonyl (C=O) groups excluding carboxylic acids is 1. The van der Waals surface area contributed by atoms with Crippen molar-refractivity contribution in [3.05, 3.63) is 11.6 Å². The van der Waals surface area contributed by atoms with E-state index in [4.69, 9.17) is 4.74 Å². The highest BCUT2D eigenvalue weighted by molar-refractivity contribution is 5.93. The first kappa shape index (κ1) is 9.26. The maximum atomic E-state index is 11.5. The average molecular weight is 169 g/mol. The van der Waals surface area contributed by atoms with Crippen molar-refractivity contribution in [2.24, 2.45) is 0 Å². The van der Waals surface area contributed by atoms with E-state index >= 15 is 0 Å². The van der Waals surface area contributed by atoms with E-state index in [1.165, 1.54) is 0 Å². The lowest BCUT2D eigenvalue weighted by Gasteiger charge is -2.19. The minimum Gasteiger partial charge on any atom is -0.377 e. The van der Waals surface area contributed by atoms with E-state index < -0.39 is 0 Å². The Hall–Kier alpha value is -0.830. The molecule has 1 aliphatic heterocycles. The lowest BCUT2D eigenvalue weighted by Crippen LogP contribution is -2.29. The topological polar surface area (TPSA) is 29.5 Å². The molecule has 3 nitrogen and oxygen atoms in total. The first-order chi connectivity index (χ1) is 5.75. The molecule has 0 aromatic carbocycles. The molecule has 1 rings (SSSR count). The summed E-state index contributed by atoms with van der Waals surface area (Å²) in [5.41, 5.74) is 0.894. The maximum Gasteiger partial charge on any atom is 0.249 e. The van der Waals surface area contributed by atoms with Crippen LogP contribution in [0, 0.1) is 0 Å². The highest BCUT2D eigenvalue weighted by Gasteiger charge is 2.14. The maximum absolute atomic E-state index is 11.5. The monoisotopic (exact) mass is 169 g/mol. The lowest BCUT2D eigenvalue weighted by molar-refractivity contribution is -0.126. The summed E-state index contributed by atoms with van der Waals surface area (Å²) < 4.78 is 5.12. The summed E-state index contributed by atoms with van der Waals surface area (Å²) in [5, 5.41) is 0. The van der Waals surface area contributed by atoms with Crippen LogP contribution in [-0.4, -0.2) is 37.6 Å². The van der Waals surface area contributed by atoms with Gasteiger partial charge in [-0.05, 0) is 6.92 Å². The molecule has 1 aliphatic rings. The number of hydrogen-bond acceptors (Lipinski definition) is 2. The Morgan fingerprint density at radius 1 is 1.75 bits per heavy atom. The van der Waals surface area contributed by atoms with Crippen LogP contribution < -0.4 is 0 Å². The summed E-state index contributed by atoms with van der Waals surface area (Å²) in [4.78, 5) is 13.3. The Bertz CT molecular complexity index is 199. The highest BCUT2D eigenvalue weighted by atomic mass is 16.5. The second-order valence-corrected chi connectivity index (χ2v) is 2.87. The van der Waals surface area contributed by atoms with E-state index in [1.807, 2.05) is 20.0 Å². The smallest absolute Gasteiger partial charge is 0.249 e. The SMILES string of the molecule is CCN(C)C(=O)C1=CCOCC1. The second kappa shape index (κ2) is 4.26. The van der Waals surface area contributed by atoms with Gasteiger partial charge >= 0.3 is 0 Å². The molecular weight excluding hydrogens is 154 g/mol. The van der Waals surface area contributed by atoms with Crippen molar-refractivity contribution >= 4 is 5.91 Å². The first-order valence-electron chi connectivity index (χ1n) is 4.28. The van der Waals surface area contributed by atoms with E-state index in [0.29, 0.717) is 13.2 Å². The molecule has 0 saturated carbocycles. The molecule has 0 fully saturated rings. The minimum atomic E-state index is 0.140. The van der Waals surface area contributed by atoms with Crippen molar-refractivity contribution < 1.29 is 9.53 Å². The van der Waals surface area contributed by atoms with E-state index in [2.05, 4.69) is 0 Å². The summed E-state index contributed by atoms with van der Waals surface area (Å²) >= 11 is 0. The van der Waals surface area contributed by atoms with Gasteiger partial charge in [-0.2, -0.15) is 0 Å². The Labute approximate surface area is 73.0 Å². The van der Waals surface area contributed by atoms with Crippen LogP contribution in [0.15, 0.2) is 11.6 Å². The fraction of sp³-hybridized carbons (Fsp3) is 0.667. The molecule has 3 heteroatoms. The van der Waals surface area contributed by atoms with E-state index in [1.54, 1.807) is 4.90 Å². The third-order valence-corrected chi connectivity index (χ3v) is 2.06. The molecule has 1 amide bonds. The third-order valence-electron chi connectivity index (χ3n) is 2.06. The Morgan fingerprint density at radius 2 is 2.50 bits per heavy atom. The van der Waals surface area contributed by atoms with Crippen LogP contribution in [0.5, 0.6) is 0 Å². The fourth-order valence-electron chi connectivity index (χ4n) is 1.11. The van der Waals surface area contributed by atoms with Crippen LogP contribution in [0.1, 0.15) is 13.3 Å². The van der Waals surface area contributed by atoms with Gasteiger partial charge in [0.1, 0.15) is 0 Å². The average Bonchev–Trinajstić information content (AvgIpc) is 2.17. The molecule has 0 atom stereocenters. The van der Waals surface area contributed by atoms with Crippen molar-refractivity contribution in [3.63, 3.8) is 0 Å². The first-order valence-corrected chi connectivity index (χ1v) is 4.28. The number of rotatable bonds is 2. The highest BCUT2D eigenvalue weighted by Crippen LogP contribution is 2.09. The van der Waals surface area contributed by atoms with Crippen LogP contribution in [-0.2, 0) is 9.53 Å². The van der Waals surface area contributed by atoms with Crippen molar-refractivity contribution in [3.8, 4) is 0 Å². The molecule has 0 unspecified atom stereocenters. The zero-order chi connectivity index (χ0) is 8.97. The Balaban J connectivity index is 2.56. The standard InChI is InChI=1S/C9H15NO2/c1-3-10(2)9(11)8-4-6-12-7-5-8/h4H,3,5-7H2,1-2H3. The Kier molecular flexibility index (Phi) is 3.29. The molecule has 0 N–H and O–H groups in total. The van der Waals surface area contributed by atoms with Crippen molar-refractivity contribution in [1.29, 1.82) is 0 Å². The van der Waals surface area contributed by atoms with Gasteiger partial charge in [-0.15, -0.1) is 0 Å². The van der Waals surface area contributed by atoms with E-state index in [0.717, 1.165) is 18.5 Å². The predicted octanol–water partition coefficient (Wildman–Crippen LogP) is 0.811.